The number of para-hydroxylation sites is 2. The van der Waals surface area contributed by atoms with Gasteiger partial charge in [-0.05, 0) is 83.0 Å². The first-order valence-corrected chi connectivity index (χ1v) is 16.9. The first kappa shape index (κ1) is 32.7. The molecule has 258 valence electrons. The van der Waals surface area contributed by atoms with Crippen LogP contribution in [0.4, 0.5) is 11.9 Å². The molecular weight excluding hydrogens is 636 g/mol. The zero-order valence-corrected chi connectivity index (χ0v) is 28.4. The fraction of sp³-hybridized carbons (Fsp3) is 0.343. The van der Waals surface area contributed by atoms with Crippen molar-refractivity contribution in [3.63, 3.8) is 0 Å². The number of nitrogens with zero attached hydrogens (tertiary/aromatic N) is 8. The van der Waals surface area contributed by atoms with Crippen LogP contribution >= 0.6 is 0 Å². The number of nitrogens with two attached hydrogens (primary N) is 1. The van der Waals surface area contributed by atoms with Crippen LogP contribution < -0.4 is 21.7 Å². The van der Waals surface area contributed by atoms with Gasteiger partial charge in [0.25, 0.3) is 11.8 Å². The topological polar surface area (TPSA) is 185 Å². The summed E-state index contributed by atoms with van der Waals surface area (Å²) in [5.41, 5.74) is 12.2. The van der Waals surface area contributed by atoms with Crippen LogP contribution in [-0.4, -0.2) is 69.5 Å². The summed E-state index contributed by atoms with van der Waals surface area (Å²) in [6.45, 7) is 8.96. The number of aromatic nitrogens is 8. The van der Waals surface area contributed by atoms with E-state index < -0.39 is 5.91 Å². The summed E-state index contributed by atoms with van der Waals surface area (Å²) in [7, 11) is 0. The van der Waals surface area contributed by atoms with Crippen molar-refractivity contribution in [2.45, 2.75) is 66.2 Å². The molecule has 50 heavy (non-hydrogen) atoms. The van der Waals surface area contributed by atoms with E-state index in [0.717, 1.165) is 39.9 Å². The van der Waals surface area contributed by atoms with Crippen molar-refractivity contribution in [3.8, 4) is 0 Å². The maximum atomic E-state index is 14.1. The molecule has 2 aromatic carbocycles. The normalized spacial score (nSPS) is 15.0. The third-order valence-corrected chi connectivity index (χ3v) is 9.10. The Kier molecular flexibility index (Phi) is 8.89. The summed E-state index contributed by atoms with van der Waals surface area (Å²) in [4.78, 5) is 49.2. The van der Waals surface area contributed by atoms with E-state index in [-0.39, 0.29) is 11.8 Å². The number of primary amides is 1. The number of benzene rings is 2. The van der Waals surface area contributed by atoms with Gasteiger partial charge >= 0.3 is 0 Å². The van der Waals surface area contributed by atoms with Gasteiger partial charge in [0.05, 0.1) is 40.0 Å². The second kappa shape index (κ2) is 13.6. The Hall–Kier alpha value is -5.83. The number of imidazole rings is 2. The average molecular weight is 677 g/mol. The molecule has 0 aliphatic carbocycles. The quantitative estimate of drug-likeness (QED) is 0.214. The molecule has 0 fully saturated rings. The smallest absolute Gasteiger partial charge is 0.276 e. The van der Waals surface area contributed by atoms with Gasteiger partial charge < -0.3 is 20.2 Å². The highest BCUT2D eigenvalue weighted by Gasteiger charge is 2.24. The van der Waals surface area contributed by atoms with Gasteiger partial charge in [-0.2, -0.15) is 10.2 Å². The molecule has 0 radical (unpaired) electrons. The fourth-order valence-corrected chi connectivity index (χ4v) is 6.69. The van der Waals surface area contributed by atoms with E-state index in [2.05, 4.69) is 26.1 Å². The highest BCUT2D eigenvalue weighted by atomic mass is 16.2. The maximum Gasteiger partial charge on any atom is 0.276 e. The molecular formula is C35H40N12O3. The van der Waals surface area contributed by atoms with Gasteiger partial charge in [-0.1, -0.05) is 12.1 Å². The summed E-state index contributed by atoms with van der Waals surface area (Å²) in [6, 6.07) is 14.7. The minimum atomic E-state index is -0.553. The van der Waals surface area contributed by atoms with Crippen molar-refractivity contribution in [2.75, 3.05) is 23.7 Å². The lowest BCUT2D eigenvalue weighted by Gasteiger charge is -2.13. The molecule has 15 heteroatoms. The number of fused-ring (bicyclic) bond motifs is 8. The zero-order valence-electron chi connectivity index (χ0n) is 28.4. The van der Waals surface area contributed by atoms with Crippen LogP contribution in [-0.2, 0) is 32.6 Å². The average Bonchev–Trinajstić information content (AvgIpc) is 3.83. The monoisotopic (exact) mass is 676 g/mol. The summed E-state index contributed by atoms with van der Waals surface area (Å²) in [5.74, 6) is -0.314. The molecule has 1 aliphatic heterocycles. The lowest BCUT2D eigenvalue weighted by Crippen LogP contribution is -2.27. The van der Waals surface area contributed by atoms with Gasteiger partial charge in [-0.25, -0.2) is 9.97 Å². The summed E-state index contributed by atoms with van der Waals surface area (Å²) >= 11 is 0. The highest BCUT2D eigenvalue weighted by Crippen LogP contribution is 2.25. The van der Waals surface area contributed by atoms with Gasteiger partial charge in [-0.15, -0.1) is 0 Å². The number of carbonyl (C=O) groups is 3. The number of nitrogens with one attached hydrogen (secondary N) is 3. The molecule has 0 spiro atoms. The SMILES string of the molecule is CCn1nc(C)c2c1C(=O)Nc1nc3cc(C(N)=O)ccc3n1CCCCn1c(nc3ccccc31)NC(=O)c1cc(C)nn1CCNCC2. The number of carbonyl (C=O) groups excluding carboxylic acids is 3. The lowest BCUT2D eigenvalue weighted by atomic mass is 10.1. The molecule has 0 bridgehead atoms. The van der Waals surface area contributed by atoms with E-state index in [0.29, 0.717) is 86.5 Å². The minimum Gasteiger partial charge on any atom is -0.366 e. The second-order valence-electron chi connectivity index (χ2n) is 12.5. The molecule has 15 nitrogen and oxygen atoms in total. The largest absolute Gasteiger partial charge is 0.366 e. The number of rotatable bonds is 2. The number of anilines is 2. The van der Waals surface area contributed by atoms with Crippen molar-refractivity contribution < 1.29 is 14.4 Å². The van der Waals surface area contributed by atoms with Crippen molar-refractivity contribution >= 4 is 51.7 Å². The Morgan fingerprint density at radius 1 is 0.840 bits per heavy atom. The minimum absolute atomic E-state index is 0.283. The van der Waals surface area contributed by atoms with Crippen LogP contribution in [0.25, 0.3) is 22.1 Å². The van der Waals surface area contributed by atoms with E-state index in [1.807, 2.05) is 54.2 Å². The van der Waals surface area contributed by atoms with Gasteiger partial charge in [0.2, 0.25) is 17.8 Å². The Bertz CT molecular complexity index is 2260. The van der Waals surface area contributed by atoms with E-state index in [9.17, 15) is 14.4 Å². The van der Waals surface area contributed by atoms with E-state index in [4.69, 9.17) is 15.7 Å². The molecule has 0 unspecified atom stereocenters. The second-order valence-corrected chi connectivity index (χ2v) is 12.5. The highest BCUT2D eigenvalue weighted by molar-refractivity contribution is 6.05. The van der Waals surface area contributed by atoms with Gasteiger partial charge in [-0.3, -0.25) is 34.4 Å². The predicted octanol–water partition coefficient (Wildman–Crippen LogP) is 3.65. The molecule has 3 amide bonds. The summed E-state index contributed by atoms with van der Waals surface area (Å²) in [5, 5.41) is 18.8. The molecule has 0 saturated carbocycles. The first-order chi connectivity index (χ1) is 24.2. The van der Waals surface area contributed by atoms with Gasteiger partial charge in [0.1, 0.15) is 11.4 Å². The zero-order chi connectivity index (χ0) is 34.9. The van der Waals surface area contributed by atoms with Crippen LogP contribution in [0.3, 0.4) is 0 Å². The molecule has 5 N–H and O–H groups in total. The van der Waals surface area contributed by atoms with Crippen LogP contribution in [0.15, 0.2) is 48.5 Å². The third-order valence-electron chi connectivity index (χ3n) is 9.10. The van der Waals surface area contributed by atoms with Crippen LogP contribution in [0.5, 0.6) is 0 Å². The molecule has 1 aliphatic rings. The summed E-state index contributed by atoms with van der Waals surface area (Å²) in [6.07, 6.45) is 2.00. The van der Waals surface area contributed by atoms with Gasteiger partial charge in [0, 0.05) is 37.3 Å². The van der Waals surface area contributed by atoms with E-state index in [1.165, 1.54) is 0 Å². The number of amides is 3. The molecule has 4 aromatic heterocycles. The molecule has 0 atom stereocenters. The van der Waals surface area contributed by atoms with Crippen molar-refractivity contribution in [1.82, 2.24) is 44.0 Å². The molecule has 7 rings (SSSR count). The Labute approximate surface area is 287 Å². The van der Waals surface area contributed by atoms with Crippen molar-refractivity contribution in [3.05, 3.63) is 82.4 Å². The molecule has 0 saturated heterocycles. The number of hydrogen-bond acceptors (Lipinski definition) is 8. The van der Waals surface area contributed by atoms with Crippen LogP contribution in [0.2, 0.25) is 0 Å². The summed E-state index contributed by atoms with van der Waals surface area (Å²) < 4.78 is 7.41. The molecule has 6 aromatic rings. The Morgan fingerprint density at radius 3 is 2.28 bits per heavy atom. The standard InChI is InChI=1S/C35H40N12O3/c1-4-46-30-24(22(3)43-46)13-14-37-15-18-47-29(19-21(2)42-47)32(49)40-34-38-25-9-5-6-10-27(25)44(34)16-7-8-17-45-28-12-11-23(31(36)48)20-26(28)39-35(45)41-33(30)50/h5-6,9-12,19-20,37H,4,7-8,13-18H2,1-3H3,(H2,36,48)(H,38,40,49)(H,39,41,50). The third kappa shape index (κ3) is 6.22. The van der Waals surface area contributed by atoms with Crippen molar-refractivity contribution in [2.24, 2.45) is 5.73 Å². The lowest BCUT2D eigenvalue weighted by molar-refractivity contribution is 0.0994. The Morgan fingerprint density at radius 2 is 1.54 bits per heavy atom. The number of aryl methyl sites for hydroxylation is 5. The molecule has 5 heterocycles. The maximum absolute atomic E-state index is 14.1. The van der Waals surface area contributed by atoms with Gasteiger partial charge in [0.15, 0.2) is 0 Å². The number of hydrogen-bond donors (Lipinski definition) is 4. The van der Waals surface area contributed by atoms with Crippen molar-refractivity contribution in [1.29, 1.82) is 0 Å². The fourth-order valence-electron chi connectivity index (χ4n) is 6.69. The van der Waals surface area contributed by atoms with Crippen LogP contribution in [0, 0.1) is 13.8 Å². The van der Waals surface area contributed by atoms with E-state index in [1.54, 1.807) is 33.6 Å². The Balaban J connectivity index is 1.26. The van der Waals surface area contributed by atoms with E-state index >= 15 is 0 Å². The first-order valence-electron chi connectivity index (χ1n) is 16.9. The van der Waals surface area contributed by atoms with Crippen LogP contribution in [0.1, 0.15) is 68.1 Å². The predicted molar refractivity (Wildman–Crippen MR) is 189 cm³/mol.